The van der Waals surface area contributed by atoms with E-state index in [0.29, 0.717) is 5.56 Å². The second-order valence-corrected chi connectivity index (χ2v) is 7.50. The molecular formula is C18H17NO4S. The van der Waals surface area contributed by atoms with Crippen molar-refractivity contribution in [2.24, 2.45) is 0 Å². The Bertz CT molecular complexity index is 900. The molecule has 2 aromatic carbocycles. The minimum Gasteiger partial charge on any atom is -0.507 e. The third-order valence-corrected chi connectivity index (χ3v) is 5.79. The Kier molecular flexibility index (Phi) is 4.15. The van der Waals surface area contributed by atoms with Crippen molar-refractivity contribution in [3.05, 3.63) is 71.3 Å². The standard InChI is InChI=1S/C18H17NO4S/c1-13-7-9-15(10-8-13)24(22,23)19-12-11-16(18(19)21)17(20)14-5-3-2-4-6-14/h2-10,20H,11-12H2,1H3/b17-16-. The summed E-state index contributed by atoms with van der Waals surface area (Å²) in [6.45, 7) is 1.89. The van der Waals surface area contributed by atoms with Crippen LogP contribution in [-0.4, -0.2) is 30.3 Å². The topological polar surface area (TPSA) is 74.7 Å². The molecule has 1 heterocycles. The molecular weight excluding hydrogens is 326 g/mol. The van der Waals surface area contributed by atoms with Crippen molar-refractivity contribution in [2.75, 3.05) is 6.54 Å². The first-order valence-electron chi connectivity index (χ1n) is 7.52. The van der Waals surface area contributed by atoms with E-state index in [1.807, 2.05) is 6.92 Å². The molecule has 0 radical (unpaired) electrons. The summed E-state index contributed by atoms with van der Waals surface area (Å²) in [6, 6.07) is 15.0. The molecule has 1 aliphatic heterocycles. The predicted octanol–water partition coefficient (Wildman–Crippen LogP) is 2.89. The number of aliphatic hydroxyl groups excluding tert-OH is 1. The van der Waals surface area contributed by atoms with Gasteiger partial charge in [0.1, 0.15) is 5.76 Å². The molecule has 1 saturated heterocycles. The number of aliphatic hydroxyl groups is 1. The maximum Gasteiger partial charge on any atom is 0.267 e. The highest BCUT2D eigenvalue weighted by Gasteiger charge is 2.38. The lowest BCUT2D eigenvalue weighted by Gasteiger charge is -2.16. The van der Waals surface area contributed by atoms with E-state index in [-0.39, 0.29) is 29.2 Å². The van der Waals surface area contributed by atoms with E-state index in [0.717, 1.165) is 9.87 Å². The van der Waals surface area contributed by atoms with Crippen molar-refractivity contribution in [1.29, 1.82) is 0 Å². The van der Waals surface area contributed by atoms with Gasteiger partial charge in [0.2, 0.25) is 0 Å². The lowest BCUT2D eigenvalue weighted by molar-refractivity contribution is -0.120. The Labute approximate surface area is 140 Å². The van der Waals surface area contributed by atoms with E-state index in [4.69, 9.17) is 0 Å². The number of sulfonamides is 1. The summed E-state index contributed by atoms with van der Waals surface area (Å²) in [4.78, 5) is 12.6. The van der Waals surface area contributed by atoms with Crippen LogP contribution in [-0.2, 0) is 14.8 Å². The van der Waals surface area contributed by atoms with Gasteiger partial charge in [-0.3, -0.25) is 4.79 Å². The molecule has 1 amide bonds. The SMILES string of the molecule is Cc1ccc(S(=O)(=O)N2CC/C(=C(/O)c3ccccc3)C2=O)cc1. The molecule has 0 saturated carbocycles. The number of amides is 1. The quantitative estimate of drug-likeness (QED) is 0.687. The van der Waals surface area contributed by atoms with Gasteiger partial charge in [-0.25, -0.2) is 12.7 Å². The van der Waals surface area contributed by atoms with Crippen molar-refractivity contribution in [3.8, 4) is 0 Å². The van der Waals surface area contributed by atoms with Crippen LogP contribution in [0.5, 0.6) is 0 Å². The van der Waals surface area contributed by atoms with Gasteiger partial charge in [-0.2, -0.15) is 0 Å². The van der Waals surface area contributed by atoms with Gasteiger partial charge in [-0.1, -0.05) is 48.0 Å². The van der Waals surface area contributed by atoms with Gasteiger partial charge in [0, 0.05) is 18.5 Å². The zero-order valence-corrected chi connectivity index (χ0v) is 14.0. The predicted molar refractivity (Wildman–Crippen MR) is 90.7 cm³/mol. The van der Waals surface area contributed by atoms with Crippen LogP contribution in [0.15, 0.2) is 65.1 Å². The molecule has 0 atom stereocenters. The number of hydrogen-bond acceptors (Lipinski definition) is 4. The van der Waals surface area contributed by atoms with Crippen molar-refractivity contribution in [3.63, 3.8) is 0 Å². The molecule has 5 nitrogen and oxygen atoms in total. The highest BCUT2D eigenvalue weighted by molar-refractivity contribution is 7.89. The Morgan fingerprint density at radius 1 is 1.04 bits per heavy atom. The molecule has 2 aromatic rings. The number of aryl methyl sites for hydroxylation is 1. The van der Waals surface area contributed by atoms with Crippen molar-refractivity contribution in [1.82, 2.24) is 4.31 Å². The molecule has 0 aromatic heterocycles. The first-order valence-corrected chi connectivity index (χ1v) is 8.96. The fourth-order valence-electron chi connectivity index (χ4n) is 2.63. The smallest absolute Gasteiger partial charge is 0.267 e. The highest BCUT2D eigenvalue weighted by atomic mass is 32.2. The Morgan fingerprint density at radius 2 is 1.67 bits per heavy atom. The molecule has 0 unspecified atom stereocenters. The summed E-state index contributed by atoms with van der Waals surface area (Å²) in [5.41, 5.74) is 1.55. The van der Waals surface area contributed by atoms with Crippen LogP contribution in [0, 0.1) is 6.92 Å². The lowest BCUT2D eigenvalue weighted by Crippen LogP contribution is -2.32. The van der Waals surface area contributed by atoms with Gasteiger partial charge in [-0.15, -0.1) is 0 Å². The normalized spacial score (nSPS) is 17.2. The maximum absolute atomic E-state index is 12.7. The third-order valence-electron chi connectivity index (χ3n) is 3.99. The third kappa shape index (κ3) is 2.80. The molecule has 0 aliphatic carbocycles. The molecule has 3 rings (SSSR count). The minimum atomic E-state index is -3.91. The van der Waals surface area contributed by atoms with Gasteiger partial charge >= 0.3 is 0 Å². The fourth-order valence-corrected chi connectivity index (χ4v) is 4.02. The van der Waals surface area contributed by atoms with E-state index in [2.05, 4.69) is 0 Å². The largest absolute Gasteiger partial charge is 0.507 e. The molecule has 6 heteroatoms. The number of nitrogens with zero attached hydrogens (tertiary/aromatic N) is 1. The van der Waals surface area contributed by atoms with E-state index in [1.165, 1.54) is 12.1 Å². The number of benzene rings is 2. The van der Waals surface area contributed by atoms with Gasteiger partial charge in [0.05, 0.1) is 10.5 Å². The molecule has 1 aliphatic rings. The number of hydrogen-bond donors (Lipinski definition) is 1. The summed E-state index contributed by atoms with van der Waals surface area (Å²) in [5, 5.41) is 10.3. The Morgan fingerprint density at radius 3 is 2.29 bits per heavy atom. The van der Waals surface area contributed by atoms with Crippen LogP contribution < -0.4 is 0 Å². The highest BCUT2D eigenvalue weighted by Crippen LogP contribution is 2.29. The zero-order valence-electron chi connectivity index (χ0n) is 13.1. The zero-order chi connectivity index (χ0) is 17.3. The first-order chi connectivity index (χ1) is 11.4. The van der Waals surface area contributed by atoms with E-state index in [1.54, 1.807) is 42.5 Å². The fraction of sp³-hybridized carbons (Fsp3) is 0.167. The van der Waals surface area contributed by atoms with Gasteiger partial charge < -0.3 is 5.11 Å². The van der Waals surface area contributed by atoms with E-state index < -0.39 is 15.9 Å². The number of rotatable bonds is 3. The molecule has 1 N–H and O–H groups in total. The minimum absolute atomic E-state index is 0.0290. The molecule has 0 spiro atoms. The molecule has 1 fully saturated rings. The monoisotopic (exact) mass is 343 g/mol. The second-order valence-electron chi connectivity index (χ2n) is 5.64. The van der Waals surface area contributed by atoms with Crippen LogP contribution in [0.4, 0.5) is 0 Å². The molecule has 124 valence electrons. The summed E-state index contributed by atoms with van der Waals surface area (Å²) in [5.74, 6) is -0.834. The Balaban J connectivity index is 1.96. The average Bonchev–Trinajstić information content (AvgIpc) is 2.97. The summed E-state index contributed by atoms with van der Waals surface area (Å²) < 4.78 is 26.1. The van der Waals surface area contributed by atoms with Crippen molar-refractivity contribution in [2.45, 2.75) is 18.2 Å². The summed E-state index contributed by atoms with van der Waals surface area (Å²) >= 11 is 0. The van der Waals surface area contributed by atoms with Crippen LogP contribution in [0.3, 0.4) is 0 Å². The van der Waals surface area contributed by atoms with Crippen LogP contribution in [0.2, 0.25) is 0 Å². The molecule has 0 bridgehead atoms. The van der Waals surface area contributed by atoms with Crippen molar-refractivity contribution >= 4 is 21.7 Å². The van der Waals surface area contributed by atoms with Gasteiger partial charge in [0.15, 0.2) is 0 Å². The number of carbonyl (C=O) groups excluding carboxylic acids is 1. The Hall–Kier alpha value is -2.60. The average molecular weight is 343 g/mol. The maximum atomic E-state index is 12.7. The van der Waals surface area contributed by atoms with E-state index >= 15 is 0 Å². The van der Waals surface area contributed by atoms with Gasteiger partial charge in [-0.05, 0) is 19.1 Å². The van der Waals surface area contributed by atoms with Crippen molar-refractivity contribution < 1.29 is 18.3 Å². The lowest BCUT2D eigenvalue weighted by atomic mass is 10.1. The first kappa shape index (κ1) is 16.3. The number of carbonyl (C=O) groups is 1. The summed E-state index contributed by atoms with van der Waals surface area (Å²) in [7, 11) is -3.91. The van der Waals surface area contributed by atoms with Crippen LogP contribution >= 0.6 is 0 Å². The molecule has 24 heavy (non-hydrogen) atoms. The van der Waals surface area contributed by atoms with Gasteiger partial charge in [0.25, 0.3) is 15.9 Å². The van der Waals surface area contributed by atoms with E-state index in [9.17, 15) is 18.3 Å². The second kappa shape index (κ2) is 6.13. The summed E-state index contributed by atoms with van der Waals surface area (Å²) in [6.07, 6.45) is 0.185. The van der Waals surface area contributed by atoms with Crippen LogP contribution in [0.1, 0.15) is 17.5 Å². The van der Waals surface area contributed by atoms with Crippen LogP contribution in [0.25, 0.3) is 5.76 Å².